The third-order valence-corrected chi connectivity index (χ3v) is 5.33. The summed E-state index contributed by atoms with van der Waals surface area (Å²) in [6, 6.07) is 9.52. The smallest absolute Gasteiger partial charge is 0.318 e. The van der Waals surface area contributed by atoms with Crippen LogP contribution in [0.15, 0.2) is 34.9 Å². The van der Waals surface area contributed by atoms with Crippen molar-refractivity contribution in [1.29, 1.82) is 0 Å². The van der Waals surface area contributed by atoms with Crippen LogP contribution in [0.4, 0.5) is 4.79 Å². The van der Waals surface area contributed by atoms with Crippen molar-refractivity contribution in [2.24, 2.45) is 0 Å². The molecule has 1 N–H and O–H groups in total. The van der Waals surface area contributed by atoms with Crippen molar-refractivity contribution >= 4 is 6.03 Å². The first-order valence-corrected chi connectivity index (χ1v) is 10.0. The SMILES string of the molecule is O=C(NCCN1CCOCC1)N1CCCCC1c1nc(-c2ccccc2)no1. The molecule has 8 nitrogen and oxygen atoms in total. The molecule has 0 aliphatic carbocycles. The Morgan fingerprint density at radius 1 is 1.14 bits per heavy atom. The predicted molar refractivity (Wildman–Crippen MR) is 104 cm³/mol. The number of amides is 2. The molecule has 2 fully saturated rings. The Balaban J connectivity index is 1.37. The summed E-state index contributed by atoms with van der Waals surface area (Å²) in [5.41, 5.74) is 0.912. The second-order valence-corrected chi connectivity index (χ2v) is 7.21. The van der Waals surface area contributed by atoms with Crippen molar-refractivity contribution in [2.45, 2.75) is 25.3 Å². The molecular formula is C20H27N5O3. The van der Waals surface area contributed by atoms with E-state index in [-0.39, 0.29) is 12.1 Å². The molecule has 2 aliphatic heterocycles. The van der Waals surface area contributed by atoms with Gasteiger partial charge < -0.3 is 19.5 Å². The first kappa shape index (κ1) is 18.9. The maximum Gasteiger partial charge on any atom is 0.318 e. The molecule has 0 bridgehead atoms. The van der Waals surface area contributed by atoms with Crippen LogP contribution in [0, 0.1) is 0 Å². The van der Waals surface area contributed by atoms with Gasteiger partial charge in [-0.05, 0) is 19.3 Å². The van der Waals surface area contributed by atoms with E-state index in [1.165, 1.54) is 0 Å². The molecule has 2 saturated heterocycles. The highest BCUT2D eigenvalue weighted by molar-refractivity contribution is 5.74. The molecular weight excluding hydrogens is 358 g/mol. The fraction of sp³-hybridized carbons (Fsp3) is 0.550. The van der Waals surface area contributed by atoms with Crippen molar-refractivity contribution in [1.82, 2.24) is 25.3 Å². The van der Waals surface area contributed by atoms with E-state index in [1.807, 2.05) is 35.2 Å². The first-order chi connectivity index (χ1) is 13.8. The lowest BCUT2D eigenvalue weighted by molar-refractivity contribution is 0.0384. The van der Waals surface area contributed by atoms with Crippen LogP contribution in [0.25, 0.3) is 11.4 Å². The van der Waals surface area contributed by atoms with Crippen molar-refractivity contribution in [2.75, 3.05) is 45.9 Å². The molecule has 1 aromatic carbocycles. The largest absolute Gasteiger partial charge is 0.379 e. The third kappa shape index (κ3) is 4.51. The van der Waals surface area contributed by atoms with Crippen molar-refractivity contribution in [3.63, 3.8) is 0 Å². The number of piperidine rings is 1. The minimum atomic E-state index is -0.165. The zero-order valence-corrected chi connectivity index (χ0v) is 16.0. The maximum atomic E-state index is 12.8. The molecule has 1 atom stereocenters. The number of benzene rings is 1. The van der Waals surface area contributed by atoms with Gasteiger partial charge in [-0.15, -0.1) is 0 Å². The van der Waals surface area contributed by atoms with E-state index < -0.39 is 0 Å². The fourth-order valence-electron chi connectivity index (χ4n) is 3.75. The van der Waals surface area contributed by atoms with Gasteiger partial charge in [0.2, 0.25) is 11.7 Å². The lowest BCUT2D eigenvalue weighted by Gasteiger charge is -2.33. The standard InChI is InChI=1S/C20H27N5O3/c26-20(21-9-11-24-12-14-27-15-13-24)25-10-5-4-8-17(25)19-22-18(23-28-19)16-6-2-1-3-7-16/h1-3,6-7,17H,4-5,8-15H2,(H,21,26). The number of aromatic nitrogens is 2. The molecule has 2 aliphatic rings. The number of urea groups is 1. The van der Waals surface area contributed by atoms with Crippen LogP contribution in [0.5, 0.6) is 0 Å². The van der Waals surface area contributed by atoms with Crippen LogP contribution in [0.3, 0.4) is 0 Å². The molecule has 0 saturated carbocycles. The number of likely N-dealkylation sites (tertiary alicyclic amines) is 1. The molecule has 28 heavy (non-hydrogen) atoms. The molecule has 0 spiro atoms. The van der Waals surface area contributed by atoms with Gasteiger partial charge in [0.05, 0.1) is 13.2 Å². The molecule has 1 unspecified atom stereocenters. The summed E-state index contributed by atoms with van der Waals surface area (Å²) < 4.78 is 10.9. The lowest BCUT2D eigenvalue weighted by atomic mass is 10.0. The number of morpholine rings is 1. The molecule has 8 heteroatoms. The highest BCUT2D eigenvalue weighted by atomic mass is 16.5. The number of carbonyl (C=O) groups excluding carboxylic acids is 1. The van der Waals surface area contributed by atoms with E-state index in [2.05, 4.69) is 20.4 Å². The highest BCUT2D eigenvalue weighted by Gasteiger charge is 2.32. The molecule has 150 valence electrons. The second kappa shape index (κ2) is 9.16. The number of nitrogens with one attached hydrogen (secondary N) is 1. The summed E-state index contributed by atoms with van der Waals surface area (Å²) in [7, 11) is 0. The van der Waals surface area contributed by atoms with Gasteiger partial charge in [0.1, 0.15) is 6.04 Å². The van der Waals surface area contributed by atoms with Crippen LogP contribution in [0.2, 0.25) is 0 Å². The Hall–Kier alpha value is -2.45. The van der Waals surface area contributed by atoms with Gasteiger partial charge in [-0.3, -0.25) is 4.90 Å². The third-order valence-electron chi connectivity index (χ3n) is 5.33. The molecule has 0 radical (unpaired) electrons. The van der Waals surface area contributed by atoms with Gasteiger partial charge in [-0.25, -0.2) is 4.79 Å². The Labute approximate surface area is 164 Å². The number of nitrogens with zero attached hydrogens (tertiary/aromatic N) is 4. The van der Waals surface area contributed by atoms with Crippen molar-refractivity contribution in [3.8, 4) is 11.4 Å². The van der Waals surface area contributed by atoms with Gasteiger partial charge in [-0.1, -0.05) is 35.5 Å². The van der Waals surface area contributed by atoms with E-state index in [4.69, 9.17) is 9.26 Å². The zero-order chi connectivity index (χ0) is 19.2. The average Bonchev–Trinajstić information content (AvgIpc) is 3.25. The molecule has 4 rings (SSSR count). The van der Waals surface area contributed by atoms with Gasteiger partial charge in [0.15, 0.2) is 0 Å². The Morgan fingerprint density at radius 3 is 2.79 bits per heavy atom. The number of rotatable bonds is 5. The minimum Gasteiger partial charge on any atom is -0.379 e. The van der Waals surface area contributed by atoms with Gasteiger partial charge in [-0.2, -0.15) is 4.98 Å². The number of carbonyl (C=O) groups is 1. The molecule has 1 aromatic heterocycles. The predicted octanol–water partition coefficient (Wildman–Crippen LogP) is 2.31. The Kier molecular flexibility index (Phi) is 6.18. The summed E-state index contributed by atoms with van der Waals surface area (Å²) in [6.07, 6.45) is 2.88. The van der Waals surface area contributed by atoms with Crippen molar-refractivity contribution in [3.05, 3.63) is 36.2 Å². The normalized spacial score (nSPS) is 20.9. The Morgan fingerprint density at radius 2 is 1.96 bits per heavy atom. The Bertz CT molecular complexity index is 760. The molecule has 3 heterocycles. The van der Waals surface area contributed by atoms with E-state index in [9.17, 15) is 4.79 Å². The van der Waals surface area contributed by atoms with E-state index in [0.717, 1.165) is 57.7 Å². The number of ether oxygens (including phenoxy) is 1. The second-order valence-electron chi connectivity index (χ2n) is 7.21. The van der Waals surface area contributed by atoms with Crippen LogP contribution < -0.4 is 5.32 Å². The molecule has 2 amide bonds. The zero-order valence-electron chi connectivity index (χ0n) is 16.0. The van der Waals surface area contributed by atoms with Crippen LogP contribution in [0.1, 0.15) is 31.2 Å². The van der Waals surface area contributed by atoms with Crippen LogP contribution in [-0.2, 0) is 4.74 Å². The summed E-state index contributed by atoms with van der Waals surface area (Å²) in [6.45, 7) is 5.55. The summed E-state index contributed by atoms with van der Waals surface area (Å²) >= 11 is 0. The lowest BCUT2D eigenvalue weighted by Crippen LogP contribution is -2.47. The van der Waals surface area contributed by atoms with E-state index in [0.29, 0.717) is 24.8 Å². The van der Waals surface area contributed by atoms with E-state index in [1.54, 1.807) is 0 Å². The van der Waals surface area contributed by atoms with Crippen molar-refractivity contribution < 1.29 is 14.1 Å². The molecule has 2 aromatic rings. The topological polar surface area (TPSA) is 83.7 Å². The van der Waals surface area contributed by atoms with Gasteiger partial charge in [0.25, 0.3) is 0 Å². The highest BCUT2D eigenvalue weighted by Crippen LogP contribution is 2.31. The first-order valence-electron chi connectivity index (χ1n) is 10.0. The number of hydrogen-bond acceptors (Lipinski definition) is 6. The average molecular weight is 385 g/mol. The monoisotopic (exact) mass is 385 g/mol. The van der Waals surface area contributed by atoms with Crippen LogP contribution >= 0.6 is 0 Å². The van der Waals surface area contributed by atoms with Gasteiger partial charge >= 0.3 is 6.03 Å². The summed E-state index contributed by atoms with van der Waals surface area (Å²) in [5, 5.41) is 7.17. The van der Waals surface area contributed by atoms with Gasteiger partial charge in [0, 0.05) is 38.3 Å². The summed E-state index contributed by atoms with van der Waals surface area (Å²) in [5.74, 6) is 1.08. The number of hydrogen-bond donors (Lipinski definition) is 1. The fourth-order valence-corrected chi connectivity index (χ4v) is 3.75. The van der Waals surface area contributed by atoms with E-state index >= 15 is 0 Å². The quantitative estimate of drug-likeness (QED) is 0.850. The minimum absolute atomic E-state index is 0.0579. The van der Waals surface area contributed by atoms with Crippen LogP contribution in [-0.4, -0.2) is 71.9 Å². The summed E-state index contributed by atoms with van der Waals surface area (Å²) in [4.78, 5) is 21.5. The maximum absolute atomic E-state index is 12.8.